The zero-order valence-corrected chi connectivity index (χ0v) is 14.4. The summed E-state index contributed by atoms with van der Waals surface area (Å²) in [7, 11) is 1.70. The van der Waals surface area contributed by atoms with Crippen LogP contribution in [0.15, 0.2) is 24.5 Å². The number of aryl methyl sites for hydroxylation is 1. The van der Waals surface area contributed by atoms with Crippen LogP contribution >= 0.6 is 0 Å². The van der Waals surface area contributed by atoms with E-state index < -0.39 is 0 Å². The first-order valence-corrected chi connectivity index (χ1v) is 8.81. The van der Waals surface area contributed by atoms with E-state index in [1.54, 1.807) is 13.4 Å². The molecule has 132 valence electrons. The van der Waals surface area contributed by atoms with Crippen molar-refractivity contribution in [1.29, 1.82) is 0 Å². The van der Waals surface area contributed by atoms with Crippen LogP contribution < -0.4 is 10.1 Å². The maximum absolute atomic E-state index is 12.5. The summed E-state index contributed by atoms with van der Waals surface area (Å²) >= 11 is 0. The van der Waals surface area contributed by atoms with Crippen molar-refractivity contribution in [2.45, 2.75) is 38.3 Å². The molecule has 0 fully saturated rings. The second-order valence-corrected chi connectivity index (χ2v) is 6.70. The van der Waals surface area contributed by atoms with Gasteiger partial charge in [-0.1, -0.05) is 6.07 Å². The number of ether oxygens (including phenoxy) is 1. The molecule has 0 bridgehead atoms. The Morgan fingerprint density at radius 2 is 2.32 bits per heavy atom. The second kappa shape index (κ2) is 6.74. The lowest BCUT2D eigenvalue weighted by atomic mass is 9.82. The minimum Gasteiger partial charge on any atom is -0.497 e. The van der Waals surface area contributed by atoms with E-state index in [-0.39, 0.29) is 6.03 Å². The van der Waals surface area contributed by atoms with E-state index in [2.05, 4.69) is 27.6 Å². The van der Waals surface area contributed by atoms with E-state index in [0.717, 1.165) is 37.4 Å². The van der Waals surface area contributed by atoms with Gasteiger partial charge in [-0.3, -0.25) is 0 Å². The molecule has 25 heavy (non-hydrogen) atoms. The highest BCUT2D eigenvalue weighted by molar-refractivity contribution is 5.74. The fourth-order valence-corrected chi connectivity index (χ4v) is 3.79. The Labute approximate surface area is 147 Å². The molecule has 7 heteroatoms. The Morgan fingerprint density at radius 3 is 3.20 bits per heavy atom. The molecule has 0 radical (unpaired) electrons. The smallest absolute Gasteiger partial charge is 0.317 e. The van der Waals surface area contributed by atoms with Crippen molar-refractivity contribution in [3.63, 3.8) is 0 Å². The Hall–Kier alpha value is -2.57. The lowest BCUT2D eigenvalue weighted by molar-refractivity contribution is 0.181. The van der Waals surface area contributed by atoms with Crippen molar-refractivity contribution in [1.82, 2.24) is 25.0 Å². The largest absolute Gasteiger partial charge is 0.497 e. The molecule has 1 aromatic heterocycles. The highest BCUT2D eigenvalue weighted by atomic mass is 16.5. The molecule has 0 saturated carbocycles. The summed E-state index contributed by atoms with van der Waals surface area (Å²) < 4.78 is 7.32. The quantitative estimate of drug-likeness (QED) is 0.926. The molecule has 1 N–H and O–H groups in total. The van der Waals surface area contributed by atoms with Gasteiger partial charge in [0.05, 0.1) is 13.7 Å². The highest BCUT2D eigenvalue weighted by Crippen LogP contribution is 2.33. The van der Waals surface area contributed by atoms with Crippen molar-refractivity contribution < 1.29 is 9.53 Å². The number of aromatic nitrogens is 3. The second-order valence-electron chi connectivity index (χ2n) is 6.70. The van der Waals surface area contributed by atoms with Crippen LogP contribution in [0.4, 0.5) is 4.79 Å². The maximum atomic E-state index is 12.5. The minimum absolute atomic E-state index is 0.0186. The molecule has 2 heterocycles. The predicted molar refractivity (Wildman–Crippen MR) is 92.5 cm³/mol. The van der Waals surface area contributed by atoms with Crippen LogP contribution in [0.5, 0.6) is 5.75 Å². The van der Waals surface area contributed by atoms with E-state index in [9.17, 15) is 4.79 Å². The van der Waals surface area contributed by atoms with Gasteiger partial charge in [0.15, 0.2) is 5.82 Å². The van der Waals surface area contributed by atoms with Crippen LogP contribution in [-0.2, 0) is 19.5 Å². The van der Waals surface area contributed by atoms with E-state index in [4.69, 9.17) is 4.74 Å². The summed E-state index contributed by atoms with van der Waals surface area (Å²) in [5, 5.41) is 11.1. The van der Waals surface area contributed by atoms with Gasteiger partial charge in [-0.25, -0.2) is 4.79 Å². The Kier molecular flexibility index (Phi) is 4.29. The summed E-state index contributed by atoms with van der Waals surface area (Å²) in [4.78, 5) is 14.3. The number of amides is 2. The number of fused-ring (bicyclic) bond motifs is 2. The summed E-state index contributed by atoms with van der Waals surface area (Å²) in [6, 6.07) is 6.26. The molecule has 2 amide bonds. The third-order valence-corrected chi connectivity index (χ3v) is 5.21. The van der Waals surface area contributed by atoms with Crippen molar-refractivity contribution in [2.24, 2.45) is 0 Å². The Balaban J connectivity index is 1.38. The number of carbonyl (C=O) groups is 1. The molecule has 1 aromatic carbocycles. The van der Waals surface area contributed by atoms with Crippen LogP contribution in [0.3, 0.4) is 0 Å². The topological polar surface area (TPSA) is 72.3 Å². The van der Waals surface area contributed by atoms with Gasteiger partial charge in [0.1, 0.15) is 12.1 Å². The maximum Gasteiger partial charge on any atom is 0.317 e. The number of nitrogens with one attached hydrogen (secondary N) is 1. The van der Waals surface area contributed by atoms with Gasteiger partial charge in [0.25, 0.3) is 0 Å². The number of methoxy groups -OCH3 is 1. The molecular formula is C18H23N5O2. The molecular weight excluding hydrogens is 318 g/mol. The lowest BCUT2D eigenvalue weighted by Crippen LogP contribution is -2.45. The average Bonchev–Trinajstić information content (AvgIpc) is 3.13. The monoisotopic (exact) mass is 341 g/mol. The van der Waals surface area contributed by atoms with Crippen molar-refractivity contribution >= 4 is 6.03 Å². The fraction of sp³-hybridized carbons (Fsp3) is 0.500. The number of carbonyl (C=O) groups excluding carboxylic acids is 1. The first kappa shape index (κ1) is 15.9. The van der Waals surface area contributed by atoms with Gasteiger partial charge in [-0.05, 0) is 42.5 Å². The number of benzene rings is 1. The highest BCUT2D eigenvalue weighted by Gasteiger charge is 2.24. The van der Waals surface area contributed by atoms with Gasteiger partial charge in [-0.2, -0.15) is 0 Å². The van der Waals surface area contributed by atoms with Crippen LogP contribution in [-0.4, -0.2) is 45.9 Å². The molecule has 2 aliphatic rings. The summed E-state index contributed by atoms with van der Waals surface area (Å²) in [6.45, 7) is 2.63. The molecule has 0 spiro atoms. The predicted octanol–water partition coefficient (Wildman–Crippen LogP) is 1.93. The number of urea groups is 1. The van der Waals surface area contributed by atoms with Crippen LogP contribution in [0, 0.1) is 0 Å². The Bertz CT molecular complexity index is 773. The van der Waals surface area contributed by atoms with E-state index in [0.29, 0.717) is 25.6 Å². The van der Waals surface area contributed by atoms with E-state index in [1.165, 1.54) is 11.1 Å². The first-order valence-electron chi connectivity index (χ1n) is 8.81. The summed E-state index contributed by atoms with van der Waals surface area (Å²) in [5.41, 5.74) is 2.68. The van der Waals surface area contributed by atoms with Crippen molar-refractivity contribution in [3.8, 4) is 5.75 Å². The molecule has 2 aromatic rings. The minimum atomic E-state index is -0.0186. The first-order chi connectivity index (χ1) is 12.2. The van der Waals surface area contributed by atoms with Gasteiger partial charge >= 0.3 is 6.03 Å². The zero-order chi connectivity index (χ0) is 17.2. The molecule has 4 rings (SSSR count). The normalized spacial score (nSPS) is 19.1. The summed E-state index contributed by atoms with van der Waals surface area (Å²) in [6.07, 6.45) is 5.05. The number of hydrogen-bond acceptors (Lipinski definition) is 4. The van der Waals surface area contributed by atoms with Crippen molar-refractivity contribution in [3.05, 3.63) is 41.5 Å². The lowest BCUT2D eigenvalue weighted by Gasteiger charge is -2.30. The SMILES string of the molecule is COc1ccc2c(c1)CCC[C@@H]2CNC(=O)N1CCn2cnnc2C1. The average molecular weight is 341 g/mol. The van der Waals surface area contributed by atoms with E-state index in [1.807, 2.05) is 15.5 Å². The molecule has 1 aliphatic heterocycles. The fourth-order valence-electron chi connectivity index (χ4n) is 3.79. The van der Waals surface area contributed by atoms with Crippen LogP contribution in [0.2, 0.25) is 0 Å². The zero-order valence-electron chi connectivity index (χ0n) is 14.4. The van der Waals surface area contributed by atoms with Gasteiger partial charge < -0.3 is 19.5 Å². The van der Waals surface area contributed by atoms with Crippen LogP contribution in [0.25, 0.3) is 0 Å². The standard InChI is InChI=1S/C18H23N5O2/c1-25-15-5-6-16-13(9-15)3-2-4-14(16)10-19-18(24)22-7-8-23-12-20-21-17(23)11-22/h5-6,9,12,14H,2-4,7-8,10-11H2,1H3,(H,19,24)/t14-/m1/s1. The molecule has 1 aliphatic carbocycles. The van der Waals surface area contributed by atoms with Gasteiger partial charge in [0.2, 0.25) is 0 Å². The molecule has 0 unspecified atom stereocenters. The molecule has 7 nitrogen and oxygen atoms in total. The molecule has 0 saturated heterocycles. The van der Waals surface area contributed by atoms with E-state index >= 15 is 0 Å². The van der Waals surface area contributed by atoms with Gasteiger partial charge in [-0.15, -0.1) is 10.2 Å². The molecule has 1 atom stereocenters. The third-order valence-electron chi connectivity index (χ3n) is 5.21. The third kappa shape index (κ3) is 3.18. The van der Waals surface area contributed by atoms with Gasteiger partial charge in [0, 0.05) is 25.6 Å². The Morgan fingerprint density at radius 1 is 1.40 bits per heavy atom. The van der Waals surface area contributed by atoms with Crippen molar-refractivity contribution in [2.75, 3.05) is 20.2 Å². The number of nitrogens with zero attached hydrogens (tertiary/aromatic N) is 4. The summed E-state index contributed by atoms with van der Waals surface area (Å²) in [5.74, 6) is 2.12. The van der Waals surface area contributed by atoms with Crippen LogP contribution in [0.1, 0.15) is 35.7 Å². The number of hydrogen-bond donors (Lipinski definition) is 1. The number of rotatable bonds is 3.